The van der Waals surface area contributed by atoms with Crippen LogP contribution >= 0.6 is 0 Å². The molecule has 0 aromatic heterocycles. The van der Waals surface area contributed by atoms with E-state index in [9.17, 15) is 18.0 Å². The summed E-state index contributed by atoms with van der Waals surface area (Å²) in [5.41, 5.74) is 1.27. The van der Waals surface area contributed by atoms with Gasteiger partial charge in [0.2, 0.25) is 0 Å². The zero-order chi connectivity index (χ0) is 20.3. The summed E-state index contributed by atoms with van der Waals surface area (Å²) in [5.74, 6) is -0.234. The van der Waals surface area contributed by atoms with E-state index in [-0.39, 0.29) is 18.6 Å². The van der Waals surface area contributed by atoms with Gasteiger partial charge in [0.05, 0.1) is 5.56 Å². The molecule has 0 bridgehead atoms. The Bertz CT molecular complexity index is 981. The van der Waals surface area contributed by atoms with Crippen molar-refractivity contribution in [3.05, 3.63) is 71.8 Å². The van der Waals surface area contributed by atoms with Gasteiger partial charge in [0.25, 0.3) is 5.91 Å². The molecule has 0 fully saturated rings. The van der Waals surface area contributed by atoms with Crippen LogP contribution in [0.1, 0.15) is 29.3 Å². The smallest absolute Gasteiger partial charge is 0.396 e. The van der Waals surface area contributed by atoms with Crippen LogP contribution in [0, 0.1) is 0 Å². The summed E-state index contributed by atoms with van der Waals surface area (Å²) < 4.78 is 38.3. The highest BCUT2D eigenvalue weighted by molar-refractivity contribution is 6.02. The minimum atomic E-state index is -4.37. The van der Waals surface area contributed by atoms with E-state index in [4.69, 9.17) is 5.11 Å². The molecule has 0 spiro atoms. The van der Waals surface area contributed by atoms with Crippen molar-refractivity contribution in [2.75, 3.05) is 6.61 Å². The first-order valence-corrected chi connectivity index (χ1v) is 8.91. The molecule has 0 saturated carbocycles. The second kappa shape index (κ2) is 8.02. The number of amides is 1. The second-order valence-electron chi connectivity index (χ2n) is 6.70. The van der Waals surface area contributed by atoms with Crippen molar-refractivity contribution < 1.29 is 23.1 Å². The summed E-state index contributed by atoms with van der Waals surface area (Å²) in [6, 6.07) is 15.7. The van der Waals surface area contributed by atoms with E-state index in [0.29, 0.717) is 17.5 Å². The maximum atomic E-state index is 12.8. The maximum Gasteiger partial charge on any atom is 0.416 e. The Kier molecular flexibility index (Phi) is 5.70. The molecule has 0 heterocycles. The van der Waals surface area contributed by atoms with Crippen molar-refractivity contribution in [3.63, 3.8) is 0 Å². The van der Waals surface area contributed by atoms with E-state index >= 15 is 0 Å². The van der Waals surface area contributed by atoms with E-state index in [2.05, 4.69) is 5.32 Å². The molecule has 146 valence electrons. The van der Waals surface area contributed by atoms with Gasteiger partial charge in [-0.1, -0.05) is 36.4 Å². The van der Waals surface area contributed by atoms with Gasteiger partial charge in [-0.2, -0.15) is 13.2 Å². The van der Waals surface area contributed by atoms with Gasteiger partial charge in [-0.15, -0.1) is 0 Å². The van der Waals surface area contributed by atoms with Crippen LogP contribution in [0.15, 0.2) is 60.7 Å². The van der Waals surface area contributed by atoms with E-state index in [1.165, 1.54) is 12.1 Å². The molecule has 28 heavy (non-hydrogen) atoms. The van der Waals surface area contributed by atoms with Gasteiger partial charge in [-0.3, -0.25) is 4.79 Å². The average Bonchev–Trinajstić information content (AvgIpc) is 2.66. The predicted molar refractivity (Wildman–Crippen MR) is 103 cm³/mol. The van der Waals surface area contributed by atoms with Crippen LogP contribution in [0.2, 0.25) is 0 Å². The third-order valence-electron chi connectivity index (χ3n) is 4.61. The molecule has 3 nitrogen and oxygen atoms in total. The number of nitrogens with one attached hydrogen (secondary N) is 1. The topological polar surface area (TPSA) is 49.3 Å². The lowest BCUT2D eigenvalue weighted by Crippen LogP contribution is -2.33. The molecule has 3 aromatic rings. The Balaban J connectivity index is 1.93. The van der Waals surface area contributed by atoms with Crippen LogP contribution in [0.3, 0.4) is 0 Å². The van der Waals surface area contributed by atoms with Crippen molar-refractivity contribution >= 4 is 16.7 Å². The largest absolute Gasteiger partial charge is 0.416 e. The number of halogens is 3. The number of aliphatic hydroxyl groups excluding tert-OH is 1. The number of alkyl halides is 3. The molecule has 0 aliphatic carbocycles. The zero-order valence-electron chi connectivity index (χ0n) is 15.3. The molecule has 0 aliphatic heterocycles. The number of aliphatic hydroxyl groups is 1. The highest BCUT2D eigenvalue weighted by atomic mass is 19.4. The SMILES string of the molecule is C[C@@H](CCO)NC(=O)c1ccc2c(-c3ccc(C(F)(F)F)cc3)cccc2c1. The second-order valence-corrected chi connectivity index (χ2v) is 6.70. The molecule has 0 aliphatic rings. The highest BCUT2D eigenvalue weighted by Crippen LogP contribution is 2.33. The van der Waals surface area contributed by atoms with Gasteiger partial charge in [0.15, 0.2) is 0 Å². The number of rotatable bonds is 5. The Labute approximate surface area is 160 Å². The van der Waals surface area contributed by atoms with Gasteiger partial charge in [-0.05, 0) is 59.5 Å². The minimum absolute atomic E-state index is 0.00431. The Morgan fingerprint density at radius 2 is 1.79 bits per heavy atom. The van der Waals surface area contributed by atoms with Gasteiger partial charge >= 0.3 is 6.18 Å². The summed E-state index contributed by atoms with van der Waals surface area (Å²) in [4.78, 5) is 12.4. The number of carbonyl (C=O) groups is 1. The van der Waals surface area contributed by atoms with Crippen LogP contribution in [0.25, 0.3) is 21.9 Å². The van der Waals surface area contributed by atoms with Crippen LogP contribution < -0.4 is 5.32 Å². The monoisotopic (exact) mass is 387 g/mol. The van der Waals surface area contributed by atoms with E-state index in [0.717, 1.165) is 28.5 Å². The minimum Gasteiger partial charge on any atom is -0.396 e. The van der Waals surface area contributed by atoms with E-state index in [1.54, 1.807) is 18.2 Å². The van der Waals surface area contributed by atoms with Crippen molar-refractivity contribution in [3.8, 4) is 11.1 Å². The summed E-state index contributed by atoms with van der Waals surface area (Å²) in [6.07, 6.45) is -3.90. The summed E-state index contributed by atoms with van der Waals surface area (Å²) in [5, 5.41) is 13.4. The first-order chi connectivity index (χ1) is 13.3. The standard InChI is InChI=1S/C22H20F3NO2/c1-14(11-12-27)26-21(28)17-7-10-20-16(13-17)3-2-4-19(20)15-5-8-18(9-6-15)22(23,24)25/h2-10,13-14,27H,11-12H2,1H3,(H,26,28)/t14-/m0/s1. The molecule has 2 N–H and O–H groups in total. The quantitative estimate of drug-likeness (QED) is 0.645. The first-order valence-electron chi connectivity index (χ1n) is 8.91. The van der Waals surface area contributed by atoms with Crippen molar-refractivity contribution in [2.45, 2.75) is 25.6 Å². The average molecular weight is 387 g/mol. The number of hydrogen-bond acceptors (Lipinski definition) is 2. The number of carbonyl (C=O) groups excluding carboxylic acids is 1. The lowest BCUT2D eigenvalue weighted by atomic mass is 9.96. The van der Waals surface area contributed by atoms with E-state index in [1.807, 2.05) is 25.1 Å². The van der Waals surface area contributed by atoms with Crippen LogP contribution in [0.5, 0.6) is 0 Å². The van der Waals surface area contributed by atoms with Crippen molar-refractivity contribution in [2.24, 2.45) is 0 Å². The highest BCUT2D eigenvalue weighted by Gasteiger charge is 2.30. The molecular weight excluding hydrogens is 367 g/mol. The van der Waals surface area contributed by atoms with Crippen LogP contribution in [-0.2, 0) is 6.18 Å². The Hall–Kier alpha value is -2.86. The van der Waals surface area contributed by atoms with Gasteiger partial charge < -0.3 is 10.4 Å². The van der Waals surface area contributed by atoms with Crippen LogP contribution in [-0.4, -0.2) is 23.7 Å². The Morgan fingerprint density at radius 1 is 1.07 bits per heavy atom. The lowest BCUT2D eigenvalue weighted by molar-refractivity contribution is -0.137. The molecule has 6 heteroatoms. The molecule has 0 saturated heterocycles. The van der Waals surface area contributed by atoms with Crippen molar-refractivity contribution in [1.29, 1.82) is 0 Å². The molecule has 3 rings (SSSR count). The third kappa shape index (κ3) is 4.34. The number of hydrogen-bond donors (Lipinski definition) is 2. The molecule has 1 amide bonds. The van der Waals surface area contributed by atoms with Crippen LogP contribution in [0.4, 0.5) is 13.2 Å². The fourth-order valence-corrected chi connectivity index (χ4v) is 3.09. The first kappa shape index (κ1) is 19.9. The summed E-state index contributed by atoms with van der Waals surface area (Å²) in [6.45, 7) is 1.81. The molecule has 0 unspecified atom stereocenters. The Morgan fingerprint density at radius 3 is 2.43 bits per heavy atom. The van der Waals surface area contributed by atoms with Gasteiger partial charge in [-0.25, -0.2) is 0 Å². The van der Waals surface area contributed by atoms with Crippen molar-refractivity contribution in [1.82, 2.24) is 5.32 Å². The zero-order valence-corrected chi connectivity index (χ0v) is 15.3. The molecule has 3 aromatic carbocycles. The van der Waals surface area contributed by atoms with Gasteiger partial charge in [0.1, 0.15) is 0 Å². The molecular formula is C22H20F3NO2. The summed E-state index contributed by atoms with van der Waals surface area (Å²) in [7, 11) is 0. The number of fused-ring (bicyclic) bond motifs is 1. The normalized spacial score (nSPS) is 12.8. The summed E-state index contributed by atoms with van der Waals surface area (Å²) >= 11 is 0. The molecule has 0 radical (unpaired) electrons. The molecule has 1 atom stereocenters. The third-order valence-corrected chi connectivity index (χ3v) is 4.61. The fraction of sp³-hybridized carbons (Fsp3) is 0.227. The fourth-order valence-electron chi connectivity index (χ4n) is 3.09. The maximum absolute atomic E-state index is 12.8. The number of benzene rings is 3. The lowest BCUT2D eigenvalue weighted by Gasteiger charge is -2.14. The van der Waals surface area contributed by atoms with Gasteiger partial charge in [0, 0.05) is 18.2 Å². The predicted octanol–water partition coefficient (Wildman–Crippen LogP) is 5.03. The van der Waals surface area contributed by atoms with E-state index < -0.39 is 11.7 Å².